The highest BCUT2D eigenvalue weighted by Gasteiger charge is 2.17. The molecule has 27 heavy (non-hydrogen) atoms. The molecule has 0 atom stereocenters. The summed E-state index contributed by atoms with van der Waals surface area (Å²) >= 11 is 3.52. The summed E-state index contributed by atoms with van der Waals surface area (Å²) in [5.74, 6) is 0. The molecule has 3 aromatic carbocycles. The lowest BCUT2D eigenvalue weighted by Gasteiger charge is -2.14. The molecule has 0 saturated heterocycles. The summed E-state index contributed by atoms with van der Waals surface area (Å²) in [4.78, 5) is 18.1. The average molecular weight is 420 g/mol. The topological polar surface area (TPSA) is 60.9 Å². The highest BCUT2D eigenvalue weighted by Crippen LogP contribution is 2.31. The molecule has 1 aromatic heterocycles. The van der Waals surface area contributed by atoms with E-state index in [0.29, 0.717) is 23.5 Å². The first kappa shape index (κ1) is 17.5. The van der Waals surface area contributed by atoms with Crippen LogP contribution in [-0.2, 0) is 6.54 Å². The molecule has 5 heteroatoms. The highest BCUT2D eigenvalue weighted by molar-refractivity contribution is 9.10. The third kappa shape index (κ3) is 3.26. The minimum atomic E-state index is -0.159. The molecule has 4 nitrogen and oxygen atoms in total. The van der Waals surface area contributed by atoms with Gasteiger partial charge in [-0.15, -0.1) is 0 Å². The van der Waals surface area contributed by atoms with Crippen LogP contribution >= 0.6 is 15.9 Å². The van der Waals surface area contributed by atoms with E-state index in [-0.39, 0.29) is 5.56 Å². The number of nitrogens with zero attached hydrogens (tertiary/aromatic N) is 2. The zero-order valence-corrected chi connectivity index (χ0v) is 16.4. The number of benzene rings is 3. The van der Waals surface area contributed by atoms with E-state index in [9.17, 15) is 4.79 Å². The molecular formula is C22H18BrN3O. The van der Waals surface area contributed by atoms with Gasteiger partial charge in [-0.05, 0) is 42.3 Å². The van der Waals surface area contributed by atoms with Crippen molar-refractivity contribution in [2.24, 2.45) is 0 Å². The Morgan fingerprint density at radius 3 is 2.56 bits per heavy atom. The van der Waals surface area contributed by atoms with Gasteiger partial charge in [0.15, 0.2) is 0 Å². The van der Waals surface area contributed by atoms with Crippen molar-refractivity contribution in [1.82, 2.24) is 9.55 Å². The third-order valence-corrected chi connectivity index (χ3v) is 5.23. The summed E-state index contributed by atoms with van der Waals surface area (Å²) in [6.45, 7) is 2.49. The number of anilines is 1. The van der Waals surface area contributed by atoms with Gasteiger partial charge in [0.05, 0.1) is 17.6 Å². The van der Waals surface area contributed by atoms with Crippen molar-refractivity contribution in [2.45, 2.75) is 13.5 Å². The van der Waals surface area contributed by atoms with E-state index in [1.807, 2.05) is 67.6 Å². The largest absolute Gasteiger partial charge is 0.398 e. The lowest BCUT2D eigenvalue weighted by Crippen LogP contribution is -2.24. The Morgan fingerprint density at radius 2 is 1.81 bits per heavy atom. The molecule has 0 aliphatic carbocycles. The molecule has 0 aliphatic heterocycles. The summed E-state index contributed by atoms with van der Waals surface area (Å²) < 4.78 is 2.52. The van der Waals surface area contributed by atoms with E-state index in [4.69, 9.17) is 5.73 Å². The van der Waals surface area contributed by atoms with E-state index >= 15 is 0 Å². The fourth-order valence-corrected chi connectivity index (χ4v) is 3.80. The van der Waals surface area contributed by atoms with E-state index in [0.717, 1.165) is 26.6 Å². The fraction of sp³-hybridized carbons (Fsp3) is 0.0909. The molecule has 4 rings (SSSR count). The van der Waals surface area contributed by atoms with E-state index < -0.39 is 0 Å². The van der Waals surface area contributed by atoms with Crippen LogP contribution < -0.4 is 11.3 Å². The summed E-state index contributed by atoms with van der Waals surface area (Å²) in [6.07, 6.45) is 0. The van der Waals surface area contributed by atoms with Crippen molar-refractivity contribution >= 4 is 32.7 Å². The first-order valence-electron chi connectivity index (χ1n) is 8.64. The molecule has 0 fully saturated rings. The molecular weight excluding hydrogens is 402 g/mol. The molecule has 0 unspecified atom stereocenters. The number of aromatic nitrogens is 2. The van der Waals surface area contributed by atoms with Gasteiger partial charge in [0.1, 0.15) is 5.69 Å². The number of hydrogen-bond acceptors (Lipinski definition) is 3. The first-order valence-corrected chi connectivity index (χ1v) is 9.43. The average Bonchev–Trinajstić information content (AvgIpc) is 2.65. The van der Waals surface area contributed by atoms with Crippen molar-refractivity contribution in [1.29, 1.82) is 0 Å². The van der Waals surface area contributed by atoms with Crippen molar-refractivity contribution in [3.8, 4) is 11.3 Å². The van der Waals surface area contributed by atoms with Gasteiger partial charge in [0, 0.05) is 15.7 Å². The van der Waals surface area contributed by atoms with Gasteiger partial charge in [-0.1, -0.05) is 58.4 Å². The first-order chi connectivity index (χ1) is 13.0. The zero-order valence-electron chi connectivity index (χ0n) is 14.8. The second kappa shape index (κ2) is 7.00. The molecule has 0 radical (unpaired) electrons. The number of nitrogen functional groups attached to an aromatic ring is 1. The van der Waals surface area contributed by atoms with E-state index in [1.54, 1.807) is 10.6 Å². The molecule has 2 N–H and O–H groups in total. The van der Waals surface area contributed by atoms with Gasteiger partial charge < -0.3 is 10.3 Å². The van der Waals surface area contributed by atoms with Crippen LogP contribution in [0, 0.1) is 6.92 Å². The Labute approximate surface area is 165 Å². The van der Waals surface area contributed by atoms with Crippen molar-refractivity contribution in [3.63, 3.8) is 0 Å². The Kier molecular flexibility index (Phi) is 4.54. The lowest BCUT2D eigenvalue weighted by atomic mass is 10.1. The molecule has 1 heterocycles. The predicted molar refractivity (Wildman–Crippen MR) is 114 cm³/mol. The second-order valence-corrected chi connectivity index (χ2v) is 7.39. The smallest absolute Gasteiger partial charge is 0.278 e. The third-order valence-electron chi connectivity index (χ3n) is 4.57. The molecule has 0 bridgehead atoms. The number of fused-ring (bicyclic) bond motifs is 1. The van der Waals surface area contributed by atoms with Crippen LogP contribution in [0.5, 0.6) is 0 Å². The summed E-state index contributed by atoms with van der Waals surface area (Å²) in [7, 11) is 0. The van der Waals surface area contributed by atoms with Gasteiger partial charge >= 0.3 is 0 Å². The van der Waals surface area contributed by atoms with Gasteiger partial charge in [0.25, 0.3) is 5.56 Å². The Hall–Kier alpha value is -2.92. The number of halogens is 1. The summed E-state index contributed by atoms with van der Waals surface area (Å²) in [5, 5.41) is 0. The maximum absolute atomic E-state index is 13.4. The monoisotopic (exact) mass is 419 g/mol. The van der Waals surface area contributed by atoms with Gasteiger partial charge in [-0.25, -0.2) is 4.98 Å². The van der Waals surface area contributed by atoms with Crippen LogP contribution in [0.1, 0.15) is 11.1 Å². The maximum Gasteiger partial charge on any atom is 0.278 e. The van der Waals surface area contributed by atoms with E-state index in [2.05, 4.69) is 20.9 Å². The molecule has 0 spiro atoms. The minimum absolute atomic E-state index is 0.159. The number of rotatable bonds is 3. The quantitative estimate of drug-likeness (QED) is 0.486. The zero-order chi connectivity index (χ0) is 19.0. The second-order valence-electron chi connectivity index (χ2n) is 6.53. The number of hydrogen-bond donors (Lipinski definition) is 1. The van der Waals surface area contributed by atoms with Crippen LogP contribution in [0.15, 0.2) is 76.0 Å². The van der Waals surface area contributed by atoms with Crippen molar-refractivity contribution < 1.29 is 0 Å². The van der Waals surface area contributed by atoms with Crippen LogP contribution in [0.4, 0.5) is 5.69 Å². The minimum Gasteiger partial charge on any atom is -0.398 e. The van der Waals surface area contributed by atoms with Crippen molar-refractivity contribution in [3.05, 3.63) is 92.7 Å². The van der Waals surface area contributed by atoms with E-state index in [1.165, 1.54) is 0 Å². The van der Waals surface area contributed by atoms with Gasteiger partial charge in [-0.2, -0.15) is 0 Å². The van der Waals surface area contributed by atoms with Crippen molar-refractivity contribution in [2.75, 3.05) is 5.73 Å². The van der Waals surface area contributed by atoms with Crippen LogP contribution in [-0.4, -0.2) is 9.55 Å². The molecule has 134 valence electrons. The summed E-state index contributed by atoms with van der Waals surface area (Å²) in [6, 6.07) is 21.4. The normalized spacial score (nSPS) is 11.0. The molecule has 0 saturated carbocycles. The number of nitrogens with two attached hydrogens (primary N) is 1. The van der Waals surface area contributed by atoms with Crippen LogP contribution in [0.25, 0.3) is 22.3 Å². The molecule has 4 aromatic rings. The Bertz CT molecular complexity index is 1180. The van der Waals surface area contributed by atoms with Gasteiger partial charge in [0.2, 0.25) is 0 Å². The molecule has 0 aliphatic rings. The maximum atomic E-state index is 13.4. The lowest BCUT2D eigenvalue weighted by molar-refractivity contribution is 0.789. The standard InChI is InChI=1S/C22H18BrN3O/c1-14-10-11-19-18(12-14)25-21(20-16(23)8-5-9-17(20)24)22(27)26(19)13-15-6-3-2-4-7-15/h2-12H,13,24H2,1H3. The number of aryl methyl sites for hydroxylation is 1. The van der Waals surface area contributed by atoms with Crippen LogP contribution in [0.3, 0.4) is 0 Å². The Morgan fingerprint density at radius 1 is 1.04 bits per heavy atom. The molecule has 0 amide bonds. The summed E-state index contributed by atoms with van der Waals surface area (Å²) in [5.41, 5.74) is 11.3. The predicted octanol–water partition coefficient (Wildman–Crippen LogP) is 4.76. The fourth-order valence-electron chi connectivity index (χ4n) is 3.23. The van der Waals surface area contributed by atoms with Crippen LogP contribution in [0.2, 0.25) is 0 Å². The Balaban J connectivity index is 2.04. The van der Waals surface area contributed by atoms with Gasteiger partial charge in [-0.3, -0.25) is 4.79 Å². The SMILES string of the molecule is Cc1ccc2c(c1)nc(-c1c(N)cccc1Br)c(=O)n2Cc1ccccc1. The highest BCUT2D eigenvalue weighted by atomic mass is 79.9.